The number of rotatable bonds is 1. The molecule has 0 bridgehead atoms. The molecule has 0 saturated heterocycles. The van der Waals surface area contributed by atoms with Gasteiger partial charge in [0.25, 0.3) is 0 Å². The predicted molar refractivity (Wildman–Crippen MR) is 38.4 cm³/mol. The average molecular weight is 174 g/mol. The summed E-state index contributed by atoms with van der Waals surface area (Å²) >= 11 is 0. The van der Waals surface area contributed by atoms with Crippen LogP contribution >= 0.6 is 0 Å². The van der Waals surface area contributed by atoms with E-state index in [1.54, 1.807) is 0 Å². The summed E-state index contributed by atoms with van der Waals surface area (Å²) in [5.74, 6) is 0.909. The first kappa shape index (κ1) is 7.84. The van der Waals surface area contributed by atoms with Crippen molar-refractivity contribution in [2.24, 2.45) is 0 Å². The topological polar surface area (TPSA) is 0 Å². The van der Waals surface area contributed by atoms with Crippen molar-refractivity contribution < 1.29 is 17.1 Å². The standard InChI is InChI=1S/C9H10.Fe/c1-2-4-8(5-3-1)9-6-7-9;/h1-5,9H,6-7H2;. The van der Waals surface area contributed by atoms with E-state index < -0.39 is 0 Å². The van der Waals surface area contributed by atoms with Crippen molar-refractivity contribution in [2.75, 3.05) is 0 Å². The Labute approximate surface area is 72.1 Å². The molecule has 0 radical (unpaired) electrons. The fraction of sp³-hybridized carbons (Fsp3) is 0.333. The maximum absolute atomic E-state index is 2.22. The van der Waals surface area contributed by atoms with Crippen LogP contribution in [-0.2, 0) is 17.1 Å². The van der Waals surface area contributed by atoms with Crippen LogP contribution in [0, 0.1) is 0 Å². The van der Waals surface area contributed by atoms with Crippen molar-refractivity contribution in [3.05, 3.63) is 35.9 Å². The second kappa shape index (κ2) is 3.23. The maximum atomic E-state index is 2.22. The summed E-state index contributed by atoms with van der Waals surface area (Å²) < 4.78 is 0. The van der Waals surface area contributed by atoms with E-state index in [1.807, 2.05) is 0 Å². The third kappa shape index (κ3) is 1.62. The Morgan fingerprint density at radius 3 is 2.10 bits per heavy atom. The van der Waals surface area contributed by atoms with Gasteiger partial charge >= 0.3 is 0 Å². The SMILES string of the molecule is [Fe].c1ccc(C2CC2)cc1. The van der Waals surface area contributed by atoms with Gasteiger partial charge in [0, 0.05) is 17.1 Å². The summed E-state index contributed by atoms with van der Waals surface area (Å²) in [6.07, 6.45) is 2.81. The third-order valence-corrected chi connectivity index (χ3v) is 1.85. The van der Waals surface area contributed by atoms with E-state index in [-0.39, 0.29) is 17.1 Å². The molecule has 54 valence electrons. The molecule has 0 aromatic heterocycles. The van der Waals surface area contributed by atoms with Gasteiger partial charge in [-0.15, -0.1) is 0 Å². The normalized spacial score (nSPS) is 16.0. The van der Waals surface area contributed by atoms with E-state index in [0.717, 1.165) is 5.92 Å². The molecule has 0 nitrogen and oxygen atoms in total. The number of hydrogen-bond acceptors (Lipinski definition) is 0. The number of hydrogen-bond donors (Lipinski definition) is 0. The van der Waals surface area contributed by atoms with E-state index in [4.69, 9.17) is 0 Å². The van der Waals surface area contributed by atoms with Crippen LogP contribution in [0.25, 0.3) is 0 Å². The van der Waals surface area contributed by atoms with Crippen LogP contribution in [0.4, 0.5) is 0 Å². The van der Waals surface area contributed by atoms with Crippen LogP contribution in [0.3, 0.4) is 0 Å². The monoisotopic (exact) mass is 174 g/mol. The zero-order valence-corrected chi connectivity index (χ0v) is 6.84. The summed E-state index contributed by atoms with van der Waals surface area (Å²) in [4.78, 5) is 0. The summed E-state index contributed by atoms with van der Waals surface area (Å²) in [6.45, 7) is 0. The molecule has 0 unspecified atom stereocenters. The first-order valence-corrected chi connectivity index (χ1v) is 3.52. The molecule has 1 fully saturated rings. The van der Waals surface area contributed by atoms with Crippen LogP contribution in [0.15, 0.2) is 30.3 Å². The summed E-state index contributed by atoms with van der Waals surface area (Å²) in [5.41, 5.74) is 1.53. The molecule has 0 atom stereocenters. The molecule has 1 aromatic rings. The molecule has 0 N–H and O–H groups in total. The number of benzene rings is 1. The van der Waals surface area contributed by atoms with Gasteiger partial charge in [0.1, 0.15) is 0 Å². The quantitative estimate of drug-likeness (QED) is 0.574. The van der Waals surface area contributed by atoms with E-state index in [1.165, 1.54) is 18.4 Å². The van der Waals surface area contributed by atoms with Crippen molar-refractivity contribution in [2.45, 2.75) is 18.8 Å². The first-order valence-electron chi connectivity index (χ1n) is 3.52. The largest absolute Gasteiger partial charge is 0.0622 e. The minimum absolute atomic E-state index is 0. The Morgan fingerprint density at radius 2 is 1.60 bits per heavy atom. The summed E-state index contributed by atoms with van der Waals surface area (Å²) in [5, 5.41) is 0. The fourth-order valence-electron chi connectivity index (χ4n) is 1.14. The van der Waals surface area contributed by atoms with Crippen LogP contribution in [0.5, 0.6) is 0 Å². The molecule has 1 heteroatoms. The van der Waals surface area contributed by atoms with Gasteiger partial charge in [0.15, 0.2) is 0 Å². The molecule has 1 saturated carbocycles. The Morgan fingerprint density at radius 1 is 1.00 bits per heavy atom. The van der Waals surface area contributed by atoms with Gasteiger partial charge in [-0.1, -0.05) is 30.3 Å². The van der Waals surface area contributed by atoms with Gasteiger partial charge in [0.2, 0.25) is 0 Å². The van der Waals surface area contributed by atoms with Crippen molar-refractivity contribution in [1.29, 1.82) is 0 Å². The predicted octanol–water partition coefficient (Wildman–Crippen LogP) is 2.56. The Bertz CT molecular complexity index is 189. The van der Waals surface area contributed by atoms with Gasteiger partial charge in [-0.25, -0.2) is 0 Å². The fourth-order valence-corrected chi connectivity index (χ4v) is 1.14. The molecule has 2 rings (SSSR count). The second-order valence-corrected chi connectivity index (χ2v) is 2.68. The van der Waals surface area contributed by atoms with Crippen LogP contribution in [-0.4, -0.2) is 0 Å². The molecule has 1 aliphatic carbocycles. The molecule has 0 amide bonds. The molecule has 10 heavy (non-hydrogen) atoms. The van der Waals surface area contributed by atoms with E-state index >= 15 is 0 Å². The Kier molecular flexibility index (Phi) is 2.53. The van der Waals surface area contributed by atoms with Gasteiger partial charge in [-0.3, -0.25) is 0 Å². The smallest absolute Gasteiger partial charge is 0 e. The zero-order valence-electron chi connectivity index (χ0n) is 5.73. The molecular weight excluding hydrogens is 164 g/mol. The average Bonchev–Trinajstić information content (AvgIpc) is 2.71. The second-order valence-electron chi connectivity index (χ2n) is 2.68. The zero-order chi connectivity index (χ0) is 6.10. The third-order valence-electron chi connectivity index (χ3n) is 1.85. The van der Waals surface area contributed by atoms with Crippen molar-refractivity contribution in [3.63, 3.8) is 0 Å². The minimum atomic E-state index is 0. The molecule has 1 aromatic carbocycles. The van der Waals surface area contributed by atoms with Gasteiger partial charge in [0.05, 0.1) is 0 Å². The van der Waals surface area contributed by atoms with Crippen LogP contribution in [0.1, 0.15) is 24.3 Å². The molecule has 0 aliphatic heterocycles. The van der Waals surface area contributed by atoms with E-state index in [9.17, 15) is 0 Å². The van der Waals surface area contributed by atoms with Crippen LogP contribution in [0.2, 0.25) is 0 Å². The summed E-state index contributed by atoms with van der Waals surface area (Å²) in [6, 6.07) is 10.8. The molecule has 0 heterocycles. The Hall–Kier alpha value is -0.261. The minimum Gasteiger partial charge on any atom is -0.0622 e. The van der Waals surface area contributed by atoms with Gasteiger partial charge in [-0.2, -0.15) is 0 Å². The molecule has 1 aliphatic rings. The molecule has 0 spiro atoms. The van der Waals surface area contributed by atoms with Crippen LogP contribution < -0.4 is 0 Å². The van der Waals surface area contributed by atoms with Gasteiger partial charge < -0.3 is 0 Å². The Balaban J connectivity index is 0.000000500. The van der Waals surface area contributed by atoms with Crippen molar-refractivity contribution in [1.82, 2.24) is 0 Å². The van der Waals surface area contributed by atoms with Gasteiger partial charge in [-0.05, 0) is 24.3 Å². The first-order chi connectivity index (χ1) is 4.47. The van der Waals surface area contributed by atoms with Crippen molar-refractivity contribution >= 4 is 0 Å². The summed E-state index contributed by atoms with van der Waals surface area (Å²) in [7, 11) is 0. The van der Waals surface area contributed by atoms with E-state index in [0.29, 0.717) is 0 Å². The van der Waals surface area contributed by atoms with E-state index in [2.05, 4.69) is 30.3 Å². The molecular formula is C9H10Fe. The van der Waals surface area contributed by atoms with Crippen molar-refractivity contribution in [3.8, 4) is 0 Å². The maximum Gasteiger partial charge on any atom is 0 e.